The highest BCUT2D eigenvalue weighted by atomic mass is 32.2. The van der Waals surface area contributed by atoms with Crippen LogP contribution in [-0.4, -0.2) is 65.2 Å². The Morgan fingerprint density at radius 3 is 2.37 bits per heavy atom. The lowest BCUT2D eigenvalue weighted by Crippen LogP contribution is -2.38. The van der Waals surface area contributed by atoms with Crippen molar-refractivity contribution in [3.05, 3.63) is 60.2 Å². The van der Waals surface area contributed by atoms with Crippen LogP contribution in [0.2, 0.25) is 0 Å². The number of nitrogens with zero attached hydrogens (tertiary/aromatic N) is 2. The number of anilines is 1. The van der Waals surface area contributed by atoms with Crippen molar-refractivity contribution in [1.82, 2.24) is 10.2 Å². The maximum absolute atomic E-state index is 12.9. The number of morpholine rings is 1. The second-order valence-corrected chi connectivity index (χ2v) is 8.96. The first-order chi connectivity index (χ1) is 14.5. The zero-order valence-electron chi connectivity index (χ0n) is 17.3. The highest BCUT2D eigenvalue weighted by molar-refractivity contribution is 7.92. The van der Waals surface area contributed by atoms with Gasteiger partial charge in [0, 0.05) is 31.7 Å². The van der Waals surface area contributed by atoms with Crippen molar-refractivity contribution in [3.8, 4) is 0 Å². The summed E-state index contributed by atoms with van der Waals surface area (Å²) >= 11 is 0. The molecule has 1 saturated heterocycles. The molecule has 2 aromatic rings. The Hall–Kier alpha value is -2.42. The molecular formula is C22H29N3O4S. The molecule has 1 fully saturated rings. The lowest BCUT2D eigenvalue weighted by Gasteiger charge is -2.26. The maximum atomic E-state index is 12.9. The minimum atomic E-state index is -3.65. The molecule has 0 radical (unpaired) electrons. The molecule has 0 saturated carbocycles. The van der Waals surface area contributed by atoms with Gasteiger partial charge < -0.3 is 10.1 Å². The minimum Gasteiger partial charge on any atom is -0.379 e. The third-order valence-electron chi connectivity index (χ3n) is 5.08. The van der Waals surface area contributed by atoms with Crippen LogP contribution in [0.25, 0.3) is 0 Å². The number of hydrogen-bond donors (Lipinski definition) is 1. The summed E-state index contributed by atoms with van der Waals surface area (Å²) in [5, 5.41) is 2.93. The first-order valence-corrected chi connectivity index (χ1v) is 11.7. The monoisotopic (exact) mass is 431 g/mol. The largest absolute Gasteiger partial charge is 0.379 e. The van der Waals surface area contributed by atoms with E-state index in [1.54, 1.807) is 61.5 Å². The second-order valence-electron chi connectivity index (χ2n) is 7.09. The van der Waals surface area contributed by atoms with Crippen LogP contribution in [0.1, 0.15) is 23.7 Å². The van der Waals surface area contributed by atoms with E-state index >= 15 is 0 Å². The number of nitrogens with one attached hydrogen (secondary N) is 1. The third-order valence-corrected chi connectivity index (χ3v) is 6.99. The molecule has 0 aliphatic carbocycles. The van der Waals surface area contributed by atoms with Gasteiger partial charge in [0.25, 0.3) is 15.9 Å². The van der Waals surface area contributed by atoms with Gasteiger partial charge in [-0.3, -0.25) is 14.0 Å². The Morgan fingerprint density at radius 2 is 1.73 bits per heavy atom. The van der Waals surface area contributed by atoms with Gasteiger partial charge in [0.05, 0.1) is 23.8 Å². The van der Waals surface area contributed by atoms with E-state index < -0.39 is 10.0 Å². The molecule has 0 spiro atoms. The molecule has 0 bridgehead atoms. The van der Waals surface area contributed by atoms with Crippen LogP contribution in [-0.2, 0) is 14.8 Å². The molecule has 30 heavy (non-hydrogen) atoms. The van der Waals surface area contributed by atoms with Crippen molar-refractivity contribution in [2.45, 2.75) is 18.2 Å². The average molecular weight is 432 g/mol. The maximum Gasteiger partial charge on any atom is 0.264 e. The van der Waals surface area contributed by atoms with Gasteiger partial charge in [-0.2, -0.15) is 0 Å². The smallest absolute Gasteiger partial charge is 0.264 e. The van der Waals surface area contributed by atoms with Crippen LogP contribution in [0.3, 0.4) is 0 Å². The molecule has 3 rings (SSSR count). The van der Waals surface area contributed by atoms with Crippen molar-refractivity contribution in [3.63, 3.8) is 0 Å². The molecule has 1 N–H and O–H groups in total. The van der Waals surface area contributed by atoms with Crippen LogP contribution in [0.5, 0.6) is 0 Å². The van der Waals surface area contributed by atoms with E-state index in [-0.39, 0.29) is 10.8 Å². The molecule has 1 aliphatic rings. The summed E-state index contributed by atoms with van der Waals surface area (Å²) < 4.78 is 32.5. The standard InChI is InChI=1S/C22H29N3O4S/c1-2-25(30(27,28)21-7-4-3-5-8-21)20-11-9-19(10-12-20)22(26)23-13-6-14-24-15-17-29-18-16-24/h3-5,7-12H,2,6,13-18H2,1H3,(H,23,26). The molecule has 8 heteroatoms. The van der Waals surface area contributed by atoms with Gasteiger partial charge in [0.15, 0.2) is 0 Å². The van der Waals surface area contributed by atoms with Crippen molar-refractivity contribution in [2.75, 3.05) is 50.2 Å². The van der Waals surface area contributed by atoms with E-state index in [1.165, 1.54) is 4.31 Å². The number of sulfonamides is 1. The van der Waals surface area contributed by atoms with Crippen molar-refractivity contribution in [1.29, 1.82) is 0 Å². The van der Waals surface area contributed by atoms with Gasteiger partial charge in [-0.1, -0.05) is 18.2 Å². The molecule has 7 nitrogen and oxygen atoms in total. The zero-order valence-corrected chi connectivity index (χ0v) is 18.1. The van der Waals surface area contributed by atoms with Crippen LogP contribution < -0.4 is 9.62 Å². The molecule has 0 unspecified atom stereocenters. The predicted molar refractivity (Wildman–Crippen MR) is 117 cm³/mol. The number of hydrogen-bond acceptors (Lipinski definition) is 5. The Morgan fingerprint density at radius 1 is 1.07 bits per heavy atom. The third kappa shape index (κ3) is 5.59. The number of carbonyl (C=O) groups is 1. The van der Waals surface area contributed by atoms with Crippen LogP contribution in [0, 0.1) is 0 Å². The van der Waals surface area contributed by atoms with Gasteiger partial charge in [-0.25, -0.2) is 8.42 Å². The summed E-state index contributed by atoms with van der Waals surface area (Å²) in [7, 11) is -3.65. The van der Waals surface area contributed by atoms with Gasteiger partial charge in [0.1, 0.15) is 0 Å². The second kappa shape index (κ2) is 10.6. The van der Waals surface area contributed by atoms with Crippen LogP contribution >= 0.6 is 0 Å². The summed E-state index contributed by atoms with van der Waals surface area (Å²) in [6, 6.07) is 15.0. The molecule has 1 heterocycles. The number of ether oxygens (including phenoxy) is 1. The molecule has 0 aromatic heterocycles. The molecule has 1 amide bonds. The fourth-order valence-corrected chi connectivity index (χ4v) is 4.92. The van der Waals surface area contributed by atoms with Crippen molar-refractivity contribution >= 4 is 21.6 Å². The Kier molecular flexibility index (Phi) is 7.84. The SMILES string of the molecule is CCN(c1ccc(C(=O)NCCCN2CCOCC2)cc1)S(=O)(=O)c1ccccc1. The van der Waals surface area contributed by atoms with E-state index in [9.17, 15) is 13.2 Å². The highest BCUT2D eigenvalue weighted by Gasteiger charge is 2.23. The normalized spacial score (nSPS) is 15.0. The van der Waals surface area contributed by atoms with Crippen LogP contribution in [0.15, 0.2) is 59.5 Å². The van der Waals surface area contributed by atoms with E-state index in [4.69, 9.17) is 4.74 Å². The molecule has 2 aromatic carbocycles. The lowest BCUT2D eigenvalue weighted by atomic mass is 10.2. The van der Waals surface area contributed by atoms with Crippen molar-refractivity contribution < 1.29 is 17.9 Å². The average Bonchev–Trinajstić information content (AvgIpc) is 2.78. The highest BCUT2D eigenvalue weighted by Crippen LogP contribution is 2.23. The first kappa shape index (κ1) is 22.3. The van der Waals surface area contributed by atoms with Crippen molar-refractivity contribution in [2.24, 2.45) is 0 Å². The Bertz CT molecular complexity index is 911. The minimum absolute atomic E-state index is 0.155. The number of carbonyl (C=O) groups excluding carboxylic acids is 1. The van der Waals surface area contributed by atoms with Gasteiger partial charge >= 0.3 is 0 Å². The molecule has 0 atom stereocenters. The van der Waals surface area contributed by atoms with E-state index in [2.05, 4.69) is 10.2 Å². The van der Waals surface area contributed by atoms with E-state index in [0.29, 0.717) is 24.3 Å². The van der Waals surface area contributed by atoms with E-state index in [1.807, 2.05) is 0 Å². The summed E-state index contributed by atoms with van der Waals surface area (Å²) in [6.45, 7) is 7.04. The number of amides is 1. The van der Waals surface area contributed by atoms with Gasteiger partial charge in [-0.15, -0.1) is 0 Å². The molecular weight excluding hydrogens is 402 g/mol. The fourth-order valence-electron chi connectivity index (χ4n) is 3.42. The molecule has 162 valence electrons. The molecule has 1 aliphatic heterocycles. The van der Waals surface area contributed by atoms with Crippen LogP contribution in [0.4, 0.5) is 5.69 Å². The zero-order chi connectivity index (χ0) is 21.4. The first-order valence-electron chi connectivity index (χ1n) is 10.3. The van der Waals surface area contributed by atoms with Gasteiger partial charge in [0.2, 0.25) is 0 Å². The topological polar surface area (TPSA) is 79.0 Å². The summed E-state index contributed by atoms with van der Waals surface area (Å²) in [4.78, 5) is 15.0. The fraction of sp³-hybridized carbons (Fsp3) is 0.409. The summed E-state index contributed by atoms with van der Waals surface area (Å²) in [6.07, 6.45) is 0.878. The summed E-state index contributed by atoms with van der Waals surface area (Å²) in [5.74, 6) is -0.155. The Labute approximate surface area is 178 Å². The number of rotatable bonds is 9. The lowest BCUT2D eigenvalue weighted by molar-refractivity contribution is 0.0374. The quantitative estimate of drug-likeness (QED) is 0.617. The van der Waals surface area contributed by atoms with Gasteiger partial charge in [-0.05, 0) is 56.3 Å². The predicted octanol–water partition coefficient (Wildman–Crippen LogP) is 2.35. The van der Waals surface area contributed by atoms with E-state index in [0.717, 1.165) is 39.3 Å². The number of benzene rings is 2. The Balaban J connectivity index is 1.57. The summed E-state index contributed by atoms with van der Waals surface area (Å²) in [5.41, 5.74) is 1.04.